The van der Waals surface area contributed by atoms with Crippen molar-refractivity contribution >= 4 is 33.9 Å². The summed E-state index contributed by atoms with van der Waals surface area (Å²) in [7, 11) is 0. The lowest BCUT2D eigenvalue weighted by molar-refractivity contribution is 0.627. The smallest absolute Gasteiger partial charge is 0.210 e. The maximum atomic E-state index is 13.1. The maximum absolute atomic E-state index is 13.1. The Kier molecular flexibility index (Phi) is 4.65. The Morgan fingerprint density at radius 1 is 1.00 bits per heavy atom. The zero-order valence-corrected chi connectivity index (χ0v) is 12.9. The van der Waals surface area contributed by atoms with Crippen molar-refractivity contribution in [1.82, 2.24) is 10.2 Å². The van der Waals surface area contributed by atoms with Gasteiger partial charge in [0, 0.05) is 11.4 Å². The van der Waals surface area contributed by atoms with Crippen LogP contribution in [0.3, 0.4) is 0 Å². The molecule has 1 N–H and O–H groups in total. The van der Waals surface area contributed by atoms with Crippen LogP contribution in [-0.4, -0.2) is 10.2 Å². The van der Waals surface area contributed by atoms with Crippen LogP contribution < -0.4 is 5.32 Å². The van der Waals surface area contributed by atoms with Gasteiger partial charge in [-0.2, -0.15) is 0 Å². The minimum atomic E-state index is -0.305. The lowest BCUT2D eigenvalue weighted by atomic mass is 10.2. The molecule has 112 valence electrons. The number of nitrogens with zero attached hydrogens (tertiary/aromatic N) is 2. The number of aromatic nitrogens is 2. The standard InChI is InChI=1S/C15H11F2N3S2/c16-11-6-4-10(5-7-11)9-21-15-20-19-14(22-15)18-13-3-1-2-12(17)8-13/h1-8H,9H2,(H,18,19). The van der Waals surface area contributed by atoms with Gasteiger partial charge in [0.25, 0.3) is 0 Å². The van der Waals surface area contributed by atoms with Gasteiger partial charge in [0.2, 0.25) is 5.13 Å². The Bertz CT molecular complexity index is 759. The van der Waals surface area contributed by atoms with Crippen molar-refractivity contribution in [3.63, 3.8) is 0 Å². The van der Waals surface area contributed by atoms with Gasteiger partial charge in [-0.05, 0) is 35.9 Å². The molecular formula is C15H11F2N3S2. The third-order valence-corrected chi connectivity index (χ3v) is 4.80. The summed E-state index contributed by atoms with van der Waals surface area (Å²) < 4.78 is 26.7. The van der Waals surface area contributed by atoms with Crippen LogP contribution in [-0.2, 0) is 5.75 Å². The molecule has 0 aliphatic carbocycles. The van der Waals surface area contributed by atoms with E-state index in [0.29, 0.717) is 16.6 Å². The van der Waals surface area contributed by atoms with Crippen molar-refractivity contribution in [1.29, 1.82) is 0 Å². The number of benzene rings is 2. The molecular weight excluding hydrogens is 324 g/mol. The van der Waals surface area contributed by atoms with Gasteiger partial charge in [-0.3, -0.25) is 0 Å². The molecule has 0 saturated heterocycles. The molecule has 0 aliphatic rings. The monoisotopic (exact) mass is 335 g/mol. The van der Waals surface area contributed by atoms with E-state index < -0.39 is 0 Å². The molecule has 1 heterocycles. The average molecular weight is 335 g/mol. The summed E-state index contributed by atoms with van der Waals surface area (Å²) in [6.07, 6.45) is 0. The molecule has 7 heteroatoms. The molecule has 0 unspecified atom stereocenters. The Balaban J connectivity index is 1.60. The molecule has 0 atom stereocenters. The van der Waals surface area contributed by atoms with Crippen LogP contribution in [0.4, 0.5) is 19.6 Å². The molecule has 0 bridgehead atoms. The van der Waals surface area contributed by atoms with Crippen LogP contribution in [0.1, 0.15) is 5.56 Å². The van der Waals surface area contributed by atoms with Crippen molar-refractivity contribution < 1.29 is 8.78 Å². The second-order valence-corrected chi connectivity index (χ2v) is 6.62. The summed E-state index contributed by atoms with van der Waals surface area (Å²) in [6.45, 7) is 0. The fourth-order valence-electron chi connectivity index (χ4n) is 1.73. The largest absolute Gasteiger partial charge is 0.330 e. The molecule has 0 aliphatic heterocycles. The van der Waals surface area contributed by atoms with Gasteiger partial charge in [0.1, 0.15) is 11.6 Å². The highest BCUT2D eigenvalue weighted by Crippen LogP contribution is 2.29. The molecule has 3 nitrogen and oxygen atoms in total. The number of rotatable bonds is 5. The molecule has 2 aromatic carbocycles. The highest BCUT2D eigenvalue weighted by Gasteiger charge is 2.06. The normalized spacial score (nSPS) is 10.6. The summed E-state index contributed by atoms with van der Waals surface area (Å²) in [6, 6.07) is 12.5. The zero-order valence-electron chi connectivity index (χ0n) is 11.3. The van der Waals surface area contributed by atoms with Crippen LogP contribution in [0.15, 0.2) is 52.9 Å². The number of nitrogens with one attached hydrogen (secondary N) is 1. The molecule has 0 saturated carbocycles. The topological polar surface area (TPSA) is 37.8 Å². The molecule has 0 amide bonds. The van der Waals surface area contributed by atoms with Gasteiger partial charge >= 0.3 is 0 Å². The van der Waals surface area contributed by atoms with Crippen molar-refractivity contribution in [3.05, 3.63) is 65.7 Å². The van der Waals surface area contributed by atoms with E-state index in [4.69, 9.17) is 0 Å². The number of hydrogen-bond donors (Lipinski definition) is 1. The first-order valence-electron chi connectivity index (χ1n) is 6.42. The van der Waals surface area contributed by atoms with E-state index in [2.05, 4.69) is 15.5 Å². The molecule has 1 aromatic heterocycles. The number of anilines is 2. The highest BCUT2D eigenvalue weighted by molar-refractivity contribution is 8.00. The van der Waals surface area contributed by atoms with Crippen LogP contribution in [0.5, 0.6) is 0 Å². The first kappa shape index (κ1) is 14.9. The number of thioether (sulfide) groups is 1. The highest BCUT2D eigenvalue weighted by atomic mass is 32.2. The Labute approximate surface area is 134 Å². The summed E-state index contributed by atoms with van der Waals surface area (Å²) in [5.74, 6) is 0.140. The summed E-state index contributed by atoms with van der Waals surface area (Å²) in [5, 5.41) is 11.7. The number of hydrogen-bond acceptors (Lipinski definition) is 5. The average Bonchev–Trinajstić information content (AvgIpc) is 2.94. The maximum Gasteiger partial charge on any atom is 0.210 e. The predicted molar refractivity (Wildman–Crippen MR) is 85.6 cm³/mol. The first-order valence-corrected chi connectivity index (χ1v) is 8.22. The van der Waals surface area contributed by atoms with E-state index in [1.54, 1.807) is 24.3 Å². The fraction of sp³-hybridized carbons (Fsp3) is 0.0667. The van der Waals surface area contributed by atoms with Crippen molar-refractivity contribution in [2.24, 2.45) is 0 Å². The SMILES string of the molecule is Fc1ccc(CSc2nnc(Nc3cccc(F)c3)s2)cc1. The second kappa shape index (κ2) is 6.85. The lowest BCUT2D eigenvalue weighted by Gasteiger charge is -2.00. The third kappa shape index (κ3) is 4.02. The minimum absolute atomic E-state index is 0.244. The van der Waals surface area contributed by atoms with Gasteiger partial charge < -0.3 is 5.32 Å². The van der Waals surface area contributed by atoms with E-state index in [1.165, 1.54) is 47.4 Å². The molecule has 3 rings (SSSR count). The van der Waals surface area contributed by atoms with Gasteiger partial charge in [0.15, 0.2) is 4.34 Å². The summed E-state index contributed by atoms with van der Waals surface area (Å²) >= 11 is 2.91. The van der Waals surface area contributed by atoms with Crippen LogP contribution in [0, 0.1) is 11.6 Å². The molecule has 22 heavy (non-hydrogen) atoms. The van der Waals surface area contributed by atoms with Crippen LogP contribution >= 0.6 is 23.1 Å². The summed E-state index contributed by atoms with van der Waals surface area (Å²) in [4.78, 5) is 0. The van der Waals surface area contributed by atoms with Crippen LogP contribution in [0.25, 0.3) is 0 Å². The van der Waals surface area contributed by atoms with E-state index in [-0.39, 0.29) is 11.6 Å². The third-order valence-electron chi connectivity index (χ3n) is 2.76. The van der Waals surface area contributed by atoms with E-state index in [9.17, 15) is 8.78 Å². The Morgan fingerprint density at radius 2 is 1.82 bits per heavy atom. The van der Waals surface area contributed by atoms with Crippen LogP contribution in [0.2, 0.25) is 0 Å². The lowest BCUT2D eigenvalue weighted by Crippen LogP contribution is -1.89. The summed E-state index contributed by atoms with van der Waals surface area (Å²) in [5.41, 5.74) is 1.65. The minimum Gasteiger partial charge on any atom is -0.330 e. The van der Waals surface area contributed by atoms with E-state index >= 15 is 0 Å². The van der Waals surface area contributed by atoms with Crippen molar-refractivity contribution in [2.75, 3.05) is 5.32 Å². The van der Waals surface area contributed by atoms with Crippen molar-refractivity contribution in [3.8, 4) is 0 Å². The van der Waals surface area contributed by atoms with Gasteiger partial charge in [-0.15, -0.1) is 10.2 Å². The molecule has 3 aromatic rings. The predicted octanol–water partition coefficient (Wildman–Crippen LogP) is 4.85. The Hall–Kier alpha value is -1.99. The van der Waals surface area contributed by atoms with Crippen molar-refractivity contribution in [2.45, 2.75) is 10.1 Å². The van der Waals surface area contributed by atoms with E-state index in [0.717, 1.165) is 9.90 Å². The second-order valence-electron chi connectivity index (χ2n) is 4.42. The van der Waals surface area contributed by atoms with Gasteiger partial charge in [0.05, 0.1) is 0 Å². The quantitative estimate of drug-likeness (QED) is 0.676. The first-order chi connectivity index (χ1) is 10.7. The molecule has 0 radical (unpaired) electrons. The zero-order chi connectivity index (χ0) is 15.4. The van der Waals surface area contributed by atoms with E-state index in [1.807, 2.05) is 0 Å². The molecule has 0 fully saturated rings. The fourth-order valence-corrected chi connectivity index (χ4v) is 3.46. The molecule has 0 spiro atoms. The van der Waals surface area contributed by atoms with Gasteiger partial charge in [-0.1, -0.05) is 41.3 Å². The Morgan fingerprint density at radius 3 is 2.59 bits per heavy atom. The van der Waals surface area contributed by atoms with Gasteiger partial charge in [-0.25, -0.2) is 8.78 Å². The number of halogens is 2.